The summed E-state index contributed by atoms with van der Waals surface area (Å²) in [5.41, 5.74) is 2.40. The third-order valence-corrected chi connectivity index (χ3v) is 6.42. The van der Waals surface area contributed by atoms with E-state index in [9.17, 15) is 0 Å². The third kappa shape index (κ3) is 7.70. The first kappa shape index (κ1) is 24.4. The molecule has 0 atom stereocenters. The Morgan fingerprint density at radius 2 is 1.97 bits per heavy atom. The number of nitrogens with one attached hydrogen (secondary N) is 2. The maximum atomic E-state index is 5.97. The average Bonchev–Trinajstić information content (AvgIpc) is 3.18. The summed E-state index contributed by atoms with van der Waals surface area (Å²) in [5.74, 6) is 1.34. The molecule has 0 aliphatic carbocycles. The van der Waals surface area contributed by atoms with Crippen molar-refractivity contribution < 1.29 is 0 Å². The summed E-state index contributed by atoms with van der Waals surface area (Å²) >= 11 is 7.70. The van der Waals surface area contributed by atoms with E-state index in [1.807, 2.05) is 19.2 Å². The van der Waals surface area contributed by atoms with Gasteiger partial charge >= 0.3 is 0 Å². The molecule has 2 N–H and O–H groups in total. The van der Waals surface area contributed by atoms with Crippen LogP contribution in [0.3, 0.4) is 0 Å². The van der Waals surface area contributed by atoms with Gasteiger partial charge in [0.25, 0.3) is 0 Å². The second-order valence-corrected chi connectivity index (χ2v) is 8.90. The van der Waals surface area contributed by atoms with Crippen molar-refractivity contribution in [1.29, 1.82) is 0 Å². The highest BCUT2D eigenvalue weighted by Gasteiger charge is 2.20. The zero-order valence-corrected chi connectivity index (χ0v) is 21.2. The van der Waals surface area contributed by atoms with Gasteiger partial charge in [0.1, 0.15) is 0 Å². The minimum Gasteiger partial charge on any atom is -0.354 e. The van der Waals surface area contributed by atoms with E-state index in [1.54, 1.807) is 11.3 Å². The highest BCUT2D eigenvalue weighted by Crippen LogP contribution is 2.19. The predicted octanol–water partition coefficient (Wildman–Crippen LogP) is 4.87. The number of aromatic nitrogens is 1. The second-order valence-electron chi connectivity index (χ2n) is 7.58. The van der Waals surface area contributed by atoms with Gasteiger partial charge in [-0.2, -0.15) is 0 Å². The molecule has 5 nitrogen and oxygen atoms in total. The third-order valence-electron chi connectivity index (χ3n) is 4.97. The van der Waals surface area contributed by atoms with Gasteiger partial charge in [-0.15, -0.1) is 35.3 Å². The number of piperidine rings is 1. The van der Waals surface area contributed by atoms with Crippen LogP contribution in [0, 0.1) is 0 Å². The normalized spacial score (nSPS) is 16.0. The highest BCUT2D eigenvalue weighted by atomic mass is 127. The maximum absolute atomic E-state index is 5.97. The van der Waals surface area contributed by atoms with Crippen LogP contribution in [-0.2, 0) is 13.1 Å². The Bertz CT molecular complexity index is 770. The van der Waals surface area contributed by atoms with Gasteiger partial charge in [-0.25, -0.2) is 4.98 Å². The van der Waals surface area contributed by atoms with E-state index in [4.69, 9.17) is 11.6 Å². The number of nitrogens with zero attached hydrogens (tertiary/aromatic N) is 3. The van der Waals surface area contributed by atoms with Crippen LogP contribution in [0.25, 0.3) is 0 Å². The molecule has 1 fully saturated rings. The Hall–Kier alpha value is -0.900. The summed E-state index contributed by atoms with van der Waals surface area (Å²) in [6.07, 6.45) is 2.23. The molecule has 8 heteroatoms. The Morgan fingerprint density at radius 3 is 2.55 bits per heavy atom. The SMILES string of the molecule is CN=C(NCc1csc(C(C)C)n1)NC1CCN(Cc2ccc(Cl)cc2)CC1.I. The molecule has 0 spiro atoms. The van der Waals surface area contributed by atoms with Crippen LogP contribution >= 0.6 is 46.9 Å². The number of aliphatic imine (C=N–C) groups is 1. The predicted molar refractivity (Wildman–Crippen MR) is 135 cm³/mol. The fourth-order valence-corrected chi connectivity index (χ4v) is 4.28. The Kier molecular flexibility index (Phi) is 10.1. The van der Waals surface area contributed by atoms with Crippen LogP contribution in [0.2, 0.25) is 5.02 Å². The molecule has 0 saturated carbocycles. The lowest BCUT2D eigenvalue weighted by atomic mass is 10.0. The van der Waals surface area contributed by atoms with Crippen molar-refractivity contribution >= 4 is 52.9 Å². The van der Waals surface area contributed by atoms with E-state index < -0.39 is 0 Å². The summed E-state index contributed by atoms with van der Waals surface area (Å²) in [6.45, 7) is 8.21. The Balaban J connectivity index is 0.00000300. The lowest BCUT2D eigenvalue weighted by Gasteiger charge is -2.33. The molecule has 0 amide bonds. The van der Waals surface area contributed by atoms with Gasteiger partial charge in [0.15, 0.2) is 5.96 Å². The number of halogens is 2. The quantitative estimate of drug-likeness (QED) is 0.308. The van der Waals surface area contributed by atoms with Crippen molar-refractivity contribution in [2.75, 3.05) is 20.1 Å². The Morgan fingerprint density at radius 1 is 1.28 bits per heavy atom. The van der Waals surface area contributed by atoms with E-state index in [0.29, 0.717) is 18.5 Å². The number of hydrogen-bond acceptors (Lipinski definition) is 4. The van der Waals surface area contributed by atoms with Crippen molar-refractivity contribution in [1.82, 2.24) is 20.5 Å². The number of hydrogen-bond donors (Lipinski definition) is 2. The molecule has 2 aromatic rings. The molecule has 1 aromatic heterocycles. The fourth-order valence-electron chi connectivity index (χ4n) is 3.31. The summed E-state index contributed by atoms with van der Waals surface area (Å²) in [4.78, 5) is 11.6. The van der Waals surface area contributed by atoms with Crippen LogP contribution in [-0.4, -0.2) is 42.0 Å². The number of thiazole rings is 1. The zero-order valence-electron chi connectivity index (χ0n) is 17.3. The van der Waals surface area contributed by atoms with E-state index in [1.165, 1.54) is 10.6 Å². The molecular formula is C21H31ClIN5S. The van der Waals surface area contributed by atoms with Gasteiger partial charge in [-0.3, -0.25) is 9.89 Å². The van der Waals surface area contributed by atoms with Crippen LogP contribution in [0.5, 0.6) is 0 Å². The standard InChI is InChI=1S/C21H30ClN5S.HI/c1-15(2)20-25-19(14-28-20)12-24-21(23-3)26-18-8-10-27(11-9-18)13-16-4-6-17(22)7-5-16;/h4-7,14-15,18H,8-13H2,1-3H3,(H2,23,24,26);1H. The van der Waals surface area contributed by atoms with Crippen LogP contribution in [0.1, 0.15) is 48.9 Å². The molecule has 0 radical (unpaired) electrons. The zero-order chi connectivity index (χ0) is 19.9. The number of likely N-dealkylation sites (tertiary alicyclic amines) is 1. The second kappa shape index (κ2) is 12.1. The maximum Gasteiger partial charge on any atom is 0.191 e. The minimum atomic E-state index is 0. The summed E-state index contributed by atoms with van der Waals surface area (Å²) in [6, 6.07) is 8.61. The van der Waals surface area contributed by atoms with E-state index in [-0.39, 0.29) is 24.0 Å². The highest BCUT2D eigenvalue weighted by molar-refractivity contribution is 14.0. The average molecular weight is 548 g/mol. The van der Waals surface area contributed by atoms with Gasteiger partial charge in [0.2, 0.25) is 0 Å². The van der Waals surface area contributed by atoms with Crippen molar-refractivity contribution in [3.8, 4) is 0 Å². The first-order valence-electron chi connectivity index (χ1n) is 9.91. The van der Waals surface area contributed by atoms with Crippen molar-refractivity contribution in [2.45, 2.75) is 51.7 Å². The molecule has 1 aliphatic rings. The first-order valence-corrected chi connectivity index (χ1v) is 11.2. The van der Waals surface area contributed by atoms with Crippen molar-refractivity contribution in [3.05, 3.63) is 50.9 Å². The molecule has 1 saturated heterocycles. The van der Waals surface area contributed by atoms with Gasteiger partial charge in [0, 0.05) is 49.0 Å². The molecule has 29 heavy (non-hydrogen) atoms. The van der Waals surface area contributed by atoms with Crippen LogP contribution in [0.4, 0.5) is 0 Å². The van der Waals surface area contributed by atoms with E-state index in [2.05, 4.69) is 56.9 Å². The van der Waals surface area contributed by atoms with Gasteiger partial charge in [-0.1, -0.05) is 37.6 Å². The lowest BCUT2D eigenvalue weighted by Crippen LogP contribution is -2.48. The van der Waals surface area contributed by atoms with Crippen LogP contribution < -0.4 is 10.6 Å². The van der Waals surface area contributed by atoms with Crippen molar-refractivity contribution in [2.24, 2.45) is 4.99 Å². The molecule has 1 aliphatic heterocycles. The molecular weight excluding hydrogens is 517 g/mol. The van der Waals surface area contributed by atoms with Gasteiger partial charge in [-0.05, 0) is 30.5 Å². The molecule has 2 heterocycles. The largest absolute Gasteiger partial charge is 0.354 e. The number of guanidine groups is 1. The molecule has 0 bridgehead atoms. The summed E-state index contributed by atoms with van der Waals surface area (Å²) in [5, 5.41) is 11.1. The molecule has 1 aromatic carbocycles. The fraction of sp³-hybridized carbons (Fsp3) is 0.524. The topological polar surface area (TPSA) is 52.6 Å². The lowest BCUT2D eigenvalue weighted by molar-refractivity contribution is 0.198. The van der Waals surface area contributed by atoms with Gasteiger partial charge < -0.3 is 10.6 Å². The molecule has 0 unspecified atom stereocenters. The van der Waals surface area contributed by atoms with E-state index in [0.717, 1.165) is 49.2 Å². The molecule has 160 valence electrons. The van der Waals surface area contributed by atoms with Gasteiger partial charge in [0.05, 0.1) is 17.2 Å². The monoisotopic (exact) mass is 547 g/mol. The number of benzene rings is 1. The van der Waals surface area contributed by atoms with E-state index >= 15 is 0 Å². The first-order chi connectivity index (χ1) is 13.5. The smallest absolute Gasteiger partial charge is 0.191 e. The van der Waals surface area contributed by atoms with Crippen LogP contribution in [0.15, 0.2) is 34.6 Å². The summed E-state index contributed by atoms with van der Waals surface area (Å²) < 4.78 is 0. The number of rotatable bonds is 6. The summed E-state index contributed by atoms with van der Waals surface area (Å²) in [7, 11) is 1.82. The van der Waals surface area contributed by atoms with Crippen molar-refractivity contribution in [3.63, 3.8) is 0 Å². The Labute approximate surface area is 200 Å². The molecule has 3 rings (SSSR count). The minimum absolute atomic E-state index is 0.